The Hall–Kier alpha value is -1.27. The highest BCUT2D eigenvalue weighted by atomic mass is 19.4. The second-order valence-electron chi connectivity index (χ2n) is 5.82. The normalized spacial score (nSPS) is 26.6. The van der Waals surface area contributed by atoms with Gasteiger partial charge in [0.15, 0.2) is 0 Å². The van der Waals surface area contributed by atoms with E-state index in [1.165, 1.54) is 12.5 Å². The topological polar surface area (TPSA) is 24.5 Å². The zero-order valence-corrected chi connectivity index (χ0v) is 11.7. The van der Waals surface area contributed by atoms with Crippen molar-refractivity contribution in [2.45, 2.75) is 44.3 Å². The Morgan fingerprint density at radius 1 is 1.14 bits per heavy atom. The Labute approximate surface area is 122 Å². The average Bonchev–Trinajstić information content (AvgIpc) is 2.73. The monoisotopic (exact) mass is 300 g/mol. The molecule has 0 amide bonds. The van der Waals surface area contributed by atoms with Gasteiger partial charge in [-0.15, -0.1) is 13.2 Å². The number of benzene rings is 1. The van der Waals surface area contributed by atoms with Crippen molar-refractivity contribution in [1.82, 2.24) is 10.2 Å². The van der Waals surface area contributed by atoms with Crippen LogP contribution in [0, 0.1) is 0 Å². The molecule has 3 rings (SSSR count). The van der Waals surface area contributed by atoms with Gasteiger partial charge in [-0.2, -0.15) is 0 Å². The van der Waals surface area contributed by atoms with Crippen LogP contribution >= 0.6 is 0 Å². The van der Waals surface area contributed by atoms with Crippen molar-refractivity contribution in [2.24, 2.45) is 0 Å². The molecule has 2 fully saturated rings. The van der Waals surface area contributed by atoms with Crippen LogP contribution in [0.1, 0.15) is 24.8 Å². The molecule has 2 saturated heterocycles. The summed E-state index contributed by atoms with van der Waals surface area (Å²) in [4.78, 5) is 2.22. The lowest BCUT2D eigenvalue weighted by molar-refractivity contribution is -0.275. The predicted octanol–water partition coefficient (Wildman–Crippen LogP) is 2.91. The predicted molar refractivity (Wildman–Crippen MR) is 73.0 cm³/mol. The summed E-state index contributed by atoms with van der Waals surface area (Å²) in [5.74, 6) is -0.0904. The van der Waals surface area contributed by atoms with Gasteiger partial charge in [0.1, 0.15) is 5.75 Å². The average molecular weight is 300 g/mol. The lowest BCUT2D eigenvalue weighted by Gasteiger charge is -2.25. The molecule has 0 saturated carbocycles. The molecule has 2 aliphatic heterocycles. The zero-order chi connectivity index (χ0) is 14.9. The fourth-order valence-electron chi connectivity index (χ4n) is 3.26. The Balaban J connectivity index is 1.69. The van der Waals surface area contributed by atoms with E-state index in [-0.39, 0.29) is 5.75 Å². The molecule has 3 nitrogen and oxygen atoms in total. The molecular formula is C15H19F3N2O. The van der Waals surface area contributed by atoms with E-state index in [0.717, 1.165) is 25.9 Å². The van der Waals surface area contributed by atoms with Crippen LogP contribution in [0.3, 0.4) is 0 Å². The van der Waals surface area contributed by atoms with Crippen LogP contribution in [0.5, 0.6) is 5.75 Å². The number of likely N-dealkylation sites (tertiary alicyclic amines) is 1. The zero-order valence-electron chi connectivity index (χ0n) is 11.7. The summed E-state index contributed by atoms with van der Waals surface area (Å²) < 4.78 is 41.4. The number of rotatable bonds is 3. The van der Waals surface area contributed by atoms with Crippen molar-refractivity contribution in [1.29, 1.82) is 0 Å². The number of nitrogens with one attached hydrogen (secondary N) is 1. The Kier molecular flexibility index (Phi) is 4.08. The van der Waals surface area contributed by atoms with E-state index >= 15 is 0 Å². The van der Waals surface area contributed by atoms with Gasteiger partial charge in [-0.25, -0.2) is 0 Å². The van der Waals surface area contributed by atoms with E-state index in [4.69, 9.17) is 0 Å². The second kappa shape index (κ2) is 5.85. The lowest BCUT2D eigenvalue weighted by Crippen LogP contribution is -2.35. The number of hydrogen-bond acceptors (Lipinski definition) is 3. The number of nitrogens with zero attached hydrogens (tertiary/aromatic N) is 1. The van der Waals surface area contributed by atoms with Gasteiger partial charge in [0.05, 0.1) is 0 Å². The maximum Gasteiger partial charge on any atom is 0.573 e. The van der Waals surface area contributed by atoms with Gasteiger partial charge in [0.25, 0.3) is 0 Å². The maximum absolute atomic E-state index is 12.4. The molecule has 1 N–H and O–H groups in total. The van der Waals surface area contributed by atoms with Crippen molar-refractivity contribution < 1.29 is 17.9 Å². The minimum absolute atomic E-state index is 0.0904. The van der Waals surface area contributed by atoms with Crippen molar-refractivity contribution in [3.05, 3.63) is 29.8 Å². The van der Waals surface area contributed by atoms with Crippen LogP contribution in [0.25, 0.3) is 0 Å². The molecule has 2 atom stereocenters. The molecular weight excluding hydrogens is 281 g/mol. The van der Waals surface area contributed by atoms with Crippen LogP contribution < -0.4 is 10.1 Å². The smallest absolute Gasteiger partial charge is 0.405 e. The van der Waals surface area contributed by atoms with Gasteiger partial charge in [0, 0.05) is 37.3 Å². The van der Waals surface area contributed by atoms with E-state index in [1.54, 1.807) is 18.2 Å². The molecule has 2 aliphatic rings. The summed E-state index contributed by atoms with van der Waals surface area (Å²) in [6, 6.07) is 7.44. The third kappa shape index (κ3) is 3.89. The number of ether oxygens (including phenoxy) is 1. The van der Waals surface area contributed by atoms with E-state index in [1.807, 2.05) is 0 Å². The molecule has 21 heavy (non-hydrogen) atoms. The Morgan fingerprint density at radius 2 is 1.90 bits per heavy atom. The van der Waals surface area contributed by atoms with E-state index in [9.17, 15) is 13.2 Å². The summed E-state index contributed by atoms with van der Waals surface area (Å²) in [5.41, 5.74) is 0.590. The maximum atomic E-state index is 12.4. The quantitative estimate of drug-likeness (QED) is 0.929. The molecule has 6 heteroatoms. The van der Waals surface area contributed by atoms with E-state index in [0.29, 0.717) is 24.2 Å². The minimum Gasteiger partial charge on any atom is -0.405 e. The van der Waals surface area contributed by atoms with Crippen LogP contribution in [-0.2, 0) is 6.54 Å². The van der Waals surface area contributed by atoms with Crippen molar-refractivity contribution in [2.75, 3.05) is 13.1 Å². The van der Waals surface area contributed by atoms with Crippen molar-refractivity contribution >= 4 is 0 Å². The molecule has 2 unspecified atom stereocenters. The largest absolute Gasteiger partial charge is 0.573 e. The fourth-order valence-corrected chi connectivity index (χ4v) is 3.26. The van der Waals surface area contributed by atoms with Gasteiger partial charge < -0.3 is 10.1 Å². The van der Waals surface area contributed by atoms with Gasteiger partial charge in [-0.05, 0) is 25.3 Å². The van der Waals surface area contributed by atoms with Crippen LogP contribution in [-0.4, -0.2) is 36.4 Å². The van der Waals surface area contributed by atoms with Gasteiger partial charge >= 0.3 is 6.36 Å². The minimum atomic E-state index is -4.64. The molecule has 0 aromatic heterocycles. The number of para-hydroxylation sites is 1. The first-order valence-corrected chi connectivity index (χ1v) is 7.32. The molecule has 0 radical (unpaired) electrons. The summed E-state index contributed by atoms with van der Waals surface area (Å²) in [7, 11) is 0. The van der Waals surface area contributed by atoms with E-state index < -0.39 is 6.36 Å². The van der Waals surface area contributed by atoms with Gasteiger partial charge in [0.2, 0.25) is 0 Å². The first-order chi connectivity index (χ1) is 9.99. The highest BCUT2D eigenvalue weighted by Crippen LogP contribution is 2.28. The highest BCUT2D eigenvalue weighted by molar-refractivity contribution is 5.33. The summed E-state index contributed by atoms with van der Waals surface area (Å²) in [5, 5.41) is 3.57. The van der Waals surface area contributed by atoms with Gasteiger partial charge in [-0.1, -0.05) is 18.2 Å². The Bertz CT molecular complexity index is 492. The van der Waals surface area contributed by atoms with E-state index in [2.05, 4.69) is 15.0 Å². The van der Waals surface area contributed by atoms with Crippen LogP contribution in [0.4, 0.5) is 13.2 Å². The van der Waals surface area contributed by atoms with Gasteiger partial charge in [-0.3, -0.25) is 4.90 Å². The Morgan fingerprint density at radius 3 is 2.71 bits per heavy atom. The van der Waals surface area contributed by atoms with Crippen molar-refractivity contribution in [3.8, 4) is 5.75 Å². The van der Waals surface area contributed by atoms with Crippen LogP contribution in [0.2, 0.25) is 0 Å². The number of halogens is 3. The number of hydrogen-bond donors (Lipinski definition) is 1. The lowest BCUT2D eigenvalue weighted by atomic mass is 10.1. The highest BCUT2D eigenvalue weighted by Gasteiger charge is 2.33. The third-order valence-electron chi connectivity index (χ3n) is 4.20. The SMILES string of the molecule is FC(F)(F)Oc1ccccc1CN1CCC2CCC(C1)N2. The molecule has 0 aliphatic carbocycles. The number of fused-ring (bicyclic) bond motifs is 2. The first kappa shape index (κ1) is 14.7. The molecule has 0 spiro atoms. The molecule has 1 aromatic rings. The molecule has 116 valence electrons. The fraction of sp³-hybridized carbons (Fsp3) is 0.600. The van der Waals surface area contributed by atoms with Crippen LogP contribution in [0.15, 0.2) is 24.3 Å². The van der Waals surface area contributed by atoms with Crippen molar-refractivity contribution in [3.63, 3.8) is 0 Å². The molecule has 1 aromatic carbocycles. The standard InChI is InChI=1S/C15H19F3N2O/c16-15(17,18)21-14-4-2-1-3-11(14)9-20-8-7-12-5-6-13(10-20)19-12/h1-4,12-13,19H,5-10H2. The molecule has 2 bridgehead atoms. The third-order valence-corrected chi connectivity index (χ3v) is 4.20. The summed E-state index contributed by atoms with van der Waals surface area (Å²) in [6.07, 6.45) is -1.22. The summed E-state index contributed by atoms with van der Waals surface area (Å²) in [6.45, 7) is 2.29. The first-order valence-electron chi connectivity index (χ1n) is 7.32. The molecule has 2 heterocycles. The number of alkyl halides is 3. The summed E-state index contributed by atoms with van der Waals surface area (Å²) >= 11 is 0. The second-order valence-corrected chi connectivity index (χ2v) is 5.82.